The molecule has 1 saturated heterocycles. The first-order valence-corrected chi connectivity index (χ1v) is 13.5. The number of methoxy groups -OCH3 is 1. The smallest absolute Gasteiger partial charge is 0.497 e. The van der Waals surface area contributed by atoms with E-state index in [2.05, 4.69) is 9.88 Å². The molecule has 220 valence electrons. The Morgan fingerprint density at radius 2 is 1.64 bits per heavy atom. The van der Waals surface area contributed by atoms with Crippen LogP contribution in [0.5, 0.6) is 5.75 Å². The van der Waals surface area contributed by atoms with Crippen molar-refractivity contribution < 1.29 is 37.1 Å². The number of hydrogen-bond acceptors (Lipinski definition) is 7. The molecular weight excluding hydrogens is 553 g/mol. The van der Waals surface area contributed by atoms with E-state index >= 15 is 0 Å². The third kappa shape index (κ3) is 5.94. The van der Waals surface area contributed by atoms with Crippen molar-refractivity contribution in [1.82, 2.24) is 14.5 Å². The minimum Gasteiger partial charge on any atom is -0.497 e. The predicted molar refractivity (Wildman–Crippen MR) is 147 cm³/mol. The minimum atomic E-state index is -5.32. The van der Waals surface area contributed by atoms with Crippen LogP contribution in [-0.2, 0) is 21.0 Å². The number of aromatic nitrogens is 1. The molecule has 5 rings (SSSR count). The number of anilines is 1. The van der Waals surface area contributed by atoms with Crippen molar-refractivity contribution in [2.45, 2.75) is 25.6 Å². The van der Waals surface area contributed by atoms with Gasteiger partial charge in [0, 0.05) is 54.3 Å². The van der Waals surface area contributed by atoms with Crippen LogP contribution in [0.4, 0.5) is 24.5 Å². The molecule has 0 saturated carbocycles. The molecule has 3 aromatic rings. The molecule has 2 aliphatic rings. The highest BCUT2D eigenvalue weighted by atomic mass is 19.4. The second kappa shape index (κ2) is 11.8. The summed E-state index contributed by atoms with van der Waals surface area (Å²) in [5, 5.41) is 0. The van der Waals surface area contributed by atoms with Gasteiger partial charge < -0.3 is 14.5 Å². The van der Waals surface area contributed by atoms with E-state index in [9.17, 15) is 27.6 Å². The molecule has 1 unspecified atom stereocenters. The fourth-order valence-electron chi connectivity index (χ4n) is 5.55. The Balaban J connectivity index is 1.48. The molecule has 42 heavy (non-hydrogen) atoms. The van der Waals surface area contributed by atoms with Gasteiger partial charge in [0.1, 0.15) is 18.8 Å². The van der Waals surface area contributed by atoms with Gasteiger partial charge in [-0.1, -0.05) is 18.2 Å². The van der Waals surface area contributed by atoms with Crippen molar-refractivity contribution in [1.29, 1.82) is 0 Å². The Hall–Kier alpha value is -4.45. The molecule has 0 aliphatic carbocycles. The zero-order chi connectivity index (χ0) is 29.9. The van der Waals surface area contributed by atoms with Crippen LogP contribution >= 0.6 is 0 Å². The van der Waals surface area contributed by atoms with E-state index in [1.165, 1.54) is 18.1 Å². The standard InChI is InChI=1S/C30H30F3N4O5/c1-41-25-8-6-22(7-9-25)28(39)36-18-23-4-2-3-5-26(23)37(27(38)19-36,42-29(40)30(31,32)33)20-21-12-16-35(17-13-21)24-10-14-34-15-11-24/h2-11,14-15,21H,12-13,16-20H2,1H3/q+1. The number of quaternary nitrogens is 1. The Bertz CT molecular complexity index is 1440. The molecule has 1 aromatic heterocycles. The molecule has 0 bridgehead atoms. The Labute approximate surface area is 240 Å². The van der Waals surface area contributed by atoms with Crippen LogP contribution in [0.2, 0.25) is 0 Å². The fraction of sp³-hybridized carbons (Fsp3) is 0.333. The molecule has 0 N–H and O–H groups in total. The van der Waals surface area contributed by atoms with Gasteiger partial charge in [0.2, 0.25) is 0 Å². The van der Waals surface area contributed by atoms with E-state index < -0.39 is 35.2 Å². The van der Waals surface area contributed by atoms with Gasteiger partial charge in [0.05, 0.1) is 13.7 Å². The zero-order valence-corrected chi connectivity index (χ0v) is 22.9. The quantitative estimate of drug-likeness (QED) is 0.395. The van der Waals surface area contributed by atoms with Gasteiger partial charge in [-0.15, -0.1) is 0 Å². The Kier molecular flexibility index (Phi) is 8.17. The van der Waals surface area contributed by atoms with Gasteiger partial charge in [0.15, 0.2) is 5.69 Å². The van der Waals surface area contributed by atoms with Crippen molar-refractivity contribution in [3.8, 4) is 5.75 Å². The van der Waals surface area contributed by atoms with Gasteiger partial charge in [-0.3, -0.25) is 14.6 Å². The number of amides is 2. The van der Waals surface area contributed by atoms with E-state index in [-0.39, 0.29) is 30.3 Å². The van der Waals surface area contributed by atoms with E-state index in [1.807, 2.05) is 12.1 Å². The summed E-state index contributed by atoms with van der Waals surface area (Å²) in [6.45, 7) is 0.392. The summed E-state index contributed by atoms with van der Waals surface area (Å²) in [4.78, 5) is 52.5. The lowest BCUT2D eigenvalue weighted by Crippen LogP contribution is -2.61. The van der Waals surface area contributed by atoms with E-state index in [0.717, 1.165) is 5.69 Å². The first-order chi connectivity index (χ1) is 20.1. The third-order valence-electron chi connectivity index (χ3n) is 7.72. The molecule has 3 heterocycles. The fourth-order valence-corrected chi connectivity index (χ4v) is 5.55. The number of nitrogens with zero attached hydrogens (tertiary/aromatic N) is 4. The SMILES string of the molecule is COc1ccc(C(=O)N2CC(=O)[N+](CC3CCN(c4ccncc4)CC3)(OC(=O)C(F)(F)F)c3ccccc3C2)cc1. The average molecular weight is 584 g/mol. The molecule has 9 nitrogen and oxygen atoms in total. The summed E-state index contributed by atoms with van der Waals surface area (Å²) >= 11 is 0. The van der Waals surface area contributed by atoms with E-state index in [0.29, 0.717) is 37.2 Å². The first kappa shape index (κ1) is 29.1. The van der Waals surface area contributed by atoms with Crippen LogP contribution in [-0.4, -0.2) is 67.1 Å². The van der Waals surface area contributed by atoms with Crippen molar-refractivity contribution in [3.05, 3.63) is 84.2 Å². The number of para-hydroxylation sites is 1. The van der Waals surface area contributed by atoms with Gasteiger partial charge in [0.25, 0.3) is 5.91 Å². The first-order valence-electron chi connectivity index (χ1n) is 13.5. The van der Waals surface area contributed by atoms with Gasteiger partial charge in [-0.05, 0) is 53.9 Å². The number of rotatable bonds is 6. The number of pyridine rings is 1. The number of carbonyl (C=O) groups is 3. The number of alkyl halides is 3. The molecular formula is C30H30F3N4O5+. The van der Waals surface area contributed by atoms with Crippen molar-refractivity contribution in [3.63, 3.8) is 0 Å². The largest absolute Gasteiger partial charge is 0.497 e. The summed E-state index contributed by atoms with van der Waals surface area (Å²) in [5.74, 6) is -3.50. The molecule has 12 heteroatoms. The number of hydrogen-bond donors (Lipinski definition) is 0. The number of halogens is 3. The maximum Gasteiger partial charge on any atom is 0.497 e. The van der Waals surface area contributed by atoms with Crippen LogP contribution in [0.3, 0.4) is 0 Å². The molecule has 2 aliphatic heterocycles. The lowest BCUT2D eigenvalue weighted by atomic mass is 9.95. The maximum atomic E-state index is 14.1. The van der Waals surface area contributed by atoms with Crippen LogP contribution in [0, 0.1) is 5.92 Å². The lowest BCUT2D eigenvalue weighted by molar-refractivity contribution is -0.235. The average Bonchev–Trinajstić information content (AvgIpc) is 3.11. The number of piperidine rings is 1. The second-order valence-electron chi connectivity index (χ2n) is 10.3. The number of benzene rings is 2. The molecule has 1 fully saturated rings. The highest BCUT2D eigenvalue weighted by Gasteiger charge is 2.55. The predicted octanol–water partition coefficient (Wildman–Crippen LogP) is 4.52. The van der Waals surface area contributed by atoms with Crippen molar-refractivity contribution in [2.75, 3.05) is 38.2 Å². The topological polar surface area (TPSA) is 89.0 Å². The zero-order valence-electron chi connectivity index (χ0n) is 22.9. The van der Waals surface area contributed by atoms with Crippen LogP contribution in [0.15, 0.2) is 73.1 Å². The van der Waals surface area contributed by atoms with Gasteiger partial charge in [-0.25, -0.2) is 9.59 Å². The minimum absolute atomic E-state index is 0.0587. The summed E-state index contributed by atoms with van der Waals surface area (Å²) in [6, 6.07) is 16.4. The number of carbonyl (C=O) groups excluding carboxylic acids is 3. The molecule has 0 spiro atoms. The third-order valence-corrected chi connectivity index (χ3v) is 7.72. The number of hydroxylamine groups is 2. The monoisotopic (exact) mass is 583 g/mol. The van der Waals surface area contributed by atoms with E-state index in [1.54, 1.807) is 54.9 Å². The maximum absolute atomic E-state index is 14.1. The Morgan fingerprint density at radius 1 is 0.976 bits per heavy atom. The molecule has 0 radical (unpaired) electrons. The highest BCUT2D eigenvalue weighted by Crippen LogP contribution is 2.38. The van der Waals surface area contributed by atoms with Gasteiger partial charge in [-0.2, -0.15) is 13.2 Å². The Morgan fingerprint density at radius 3 is 2.29 bits per heavy atom. The number of ether oxygens (including phenoxy) is 1. The van der Waals surface area contributed by atoms with Crippen LogP contribution in [0.25, 0.3) is 0 Å². The number of fused-ring (bicyclic) bond motifs is 1. The molecule has 2 amide bonds. The summed E-state index contributed by atoms with van der Waals surface area (Å²) < 4.78 is 44.7. The summed E-state index contributed by atoms with van der Waals surface area (Å²) in [6.07, 6.45) is -0.851. The summed E-state index contributed by atoms with van der Waals surface area (Å²) in [5.41, 5.74) is 1.77. The van der Waals surface area contributed by atoms with Gasteiger partial charge >= 0.3 is 18.1 Å². The van der Waals surface area contributed by atoms with Crippen molar-refractivity contribution in [2.24, 2.45) is 5.92 Å². The highest BCUT2D eigenvalue weighted by molar-refractivity contribution is 6.00. The van der Waals surface area contributed by atoms with Crippen LogP contribution in [0.1, 0.15) is 28.8 Å². The van der Waals surface area contributed by atoms with Crippen molar-refractivity contribution >= 4 is 29.2 Å². The van der Waals surface area contributed by atoms with E-state index in [4.69, 9.17) is 9.57 Å². The molecule has 1 atom stereocenters. The normalized spacial score (nSPS) is 19.6. The second-order valence-corrected chi connectivity index (χ2v) is 10.3. The van der Waals surface area contributed by atoms with Crippen LogP contribution < -0.4 is 14.3 Å². The summed E-state index contributed by atoms with van der Waals surface area (Å²) in [7, 11) is 1.49. The lowest BCUT2D eigenvalue weighted by Gasteiger charge is -2.38. The molecule has 2 aromatic carbocycles.